The second-order valence-corrected chi connectivity index (χ2v) is 7.56. The van der Waals surface area contributed by atoms with Gasteiger partial charge in [-0.3, -0.25) is 24.0 Å². The topological polar surface area (TPSA) is 251 Å². The van der Waals surface area contributed by atoms with E-state index in [1.54, 1.807) is 13.8 Å². The summed E-state index contributed by atoms with van der Waals surface area (Å²) < 4.78 is 0. The number of hydrogen-bond donors (Lipinski definition) is 8. The summed E-state index contributed by atoms with van der Waals surface area (Å²) in [6.45, 7) is 4.45. The van der Waals surface area contributed by atoms with E-state index in [0.717, 1.165) is 0 Å². The molecule has 0 aromatic rings. The summed E-state index contributed by atoms with van der Waals surface area (Å²) in [5.74, 6) is -7.07. The van der Waals surface area contributed by atoms with Gasteiger partial charge in [0.15, 0.2) is 0 Å². The van der Waals surface area contributed by atoms with Gasteiger partial charge in [0.2, 0.25) is 23.6 Å². The Morgan fingerprint density at radius 2 is 1.38 bits per heavy atom. The first-order valence-corrected chi connectivity index (χ1v) is 9.75. The summed E-state index contributed by atoms with van der Waals surface area (Å²) in [6, 6.07) is -5.70. The van der Waals surface area contributed by atoms with Crippen molar-refractivity contribution in [2.24, 2.45) is 17.4 Å². The van der Waals surface area contributed by atoms with Gasteiger partial charge in [-0.1, -0.05) is 13.8 Å². The van der Waals surface area contributed by atoms with Gasteiger partial charge in [0.25, 0.3) is 0 Å². The molecule has 182 valence electrons. The molecule has 0 aliphatic carbocycles. The molecule has 0 aliphatic rings. The molecule has 0 fully saturated rings. The Hall–Kier alpha value is -3.26. The average Bonchev–Trinajstić information content (AvgIpc) is 2.66. The molecule has 14 nitrogen and oxygen atoms in total. The predicted octanol–water partition coefficient (Wildman–Crippen LogP) is -3.37. The van der Waals surface area contributed by atoms with Gasteiger partial charge in [-0.05, 0) is 19.3 Å². The lowest BCUT2D eigenvalue weighted by atomic mass is 10.0. The van der Waals surface area contributed by atoms with E-state index in [1.165, 1.54) is 6.92 Å². The van der Waals surface area contributed by atoms with Crippen LogP contribution in [0.1, 0.15) is 40.0 Å². The van der Waals surface area contributed by atoms with Crippen molar-refractivity contribution >= 4 is 35.6 Å². The number of primary amides is 1. The van der Waals surface area contributed by atoms with Crippen LogP contribution in [0, 0.1) is 5.92 Å². The lowest BCUT2D eigenvalue weighted by Crippen LogP contribution is -2.59. The lowest BCUT2D eigenvalue weighted by molar-refractivity contribution is -0.144. The van der Waals surface area contributed by atoms with Crippen LogP contribution in [0.4, 0.5) is 0 Å². The maximum Gasteiger partial charge on any atom is 0.326 e. The van der Waals surface area contributed by atoms with Crippen LogP contribution >= 0.6 is 0 Å². The number of aliphatic hydroxyl groups is 1. The van der Waals surface area contributed by atoms with Gasteiger partial charge in [0.1, 0.15) is 24.2 Å². The van der Waals surface area contributed by atoms with E-state index in [-0.39, 0.29) is 0 Å². The molecule has 5 atom stereocenters. The van der Waals surface area contributed by atoms with Crippen molar-refractivity contribution in [2.45, 2.75) is 70.3 Å². The van der Waals surface area contributed by atoms with Crippen LogP contribution in [-0.2, 0) is 28.8 Å². The number of carboxylic acid groups (broad SMARTS) is 2. The minimum atomic E-state index is -1.69. The van der Waals surface area contributed by atoms with Crippen LogP contribution in [0.15, 0.2) is 0 Å². The Balaban J connectivity index is 5.54. The highest BCUT2D eigenvalue weighted by Crippen LogP contribution is 2.07. The molecule has 5 unspecified atom stereocenters. The van der Waals surface area contributed by atoms with Crippen molar-refractivity contribution in [3.8, 4) is 0 Å². The maximum atomic E-state index is 12.7. The van der Waals surface area contributed by atoms with Crippen molar-refractivity contribution in [1.82, 2.24) is 16.0 Å². The Labute approximate surface area is 184 Å². The van der Waals surface area contributed by atoms with E-state index < -0.39 is 91.0 Å². The van der Waals surface area contributed by atoms with Crippen molar-refractivity contribution < 1.29 is 44.1 Å². The van der Waals surface area contributed by atoms with Crippen LogP contribution < -0.4 is 27.4 Å². The number of aliphatic hydroxyl groups excluding tert-OH is 1. The molecular weight excluding hydrogens is 430 g/mol. The van der Waals surface area contributed by atoms with Gasteiger partial charge in [-0.2, -0.15) is 0 Å². The smallest absolute Gasteiger partial charge is 0.326 e. The van der Waals surface area contributed by atoms with Crippen LogP contribution in [0.3, 0.4) is 0 Å². The highest BCUT2D eigenvalue weighted by molar-refractivity contribution is 5.95. The van der Waals surface area contributed by atoms with Gasteiger partial charge in [-0.15, -0.1) is 0 Å². The van der Waals surface area contributed by atoms with E-state index >= 15 is 0 Å². The first kappa shape index (κ1) is 28.7. The second-order valence-electron chi connectivity index (χ2n) is 7.56. The number of amides is 4. The van der Waals surface area contributed by atoms with E-state index in [0.29, 0.717) is 0 Å². The Bertz CT molecular complexity index is 726. The fourth-order valence-electron chi connectivity index (χ4n) is 2.48. The van der Waals surface area contributed by atoms with Gasteiger partial charge in [-0.25, -0.2) is 4.79 Å². The summed E-state index contributed by atoms with van der Waals surface area (Å²) in [4.78, 5) is 70.5. The zero-order valence-corrected chi connectivity index (χ0v) is 18.0. The van der Waals surface area contributed by atoms with Crippen molar-refractivity contribution in [2.75, 3.05) is 0 Å². The molecule has 0 heterocycles. The molecular formula is C18H31N5O9. The minimum absolute atomic E-state index is 0.401. The van der Waals surface area contributed by atoms with Crippen LogP contribution in [-0.4, -0.2) is 81.2 Å². The summed E-state index contributed by atoms with van der Waals surface area (Å²) in [5.41, 5.74) is 10.5. The molecule has 0 spiro atoms. The summed E-state index contributed by atoms with van der Waals surface area (Å²) in [6.07, 6.45) is -2.86. The third kappa shape index (κ3) is 10.2. The second kappa shape index (κ2) is 13.2. The fourth-order valence-corrected chi connectivity index (χ4v) is 2.48. The number of aliphatic carboxylic acids is 2. The third-order valence-corrected chi connectivity index (χ3v) is 4.37. The average molecular weight is 461 g/mol. The molecule has 32 heavy (non-hydrogen) atoms. The Kier molecular flexibility index (Phi) is 11.9. The zero-order chi connectivity index (χ0) is 25.2. The van der Waals surface area contributed by atoms with Gasteiger partial charge in [0, 0.05) is 6.42 Å². The normalized spacial score (nSPS) is 15.6. The van der Waals surface area contributed by atoms with Crippen molar-refractivity contribution in [3.05, 3.63) is 0 Å². The molecule has 0 rings (SSSR count). The first-order valence-electron chi connectivity index (χ1n) is 9.75. The van der Waals surface area contributed by atoms with E-state index in [9.17, 15) is 33.9 Å². The Morgan fingerprint density at radius 3 is 1.78 bits per heavy atom. The predicted molar refractivity (Wildman–Crippen MR) is 109 cm³/mol. The SMILES string of the molecule is CC(C)C(NC(=O)C(N)C(C)O)C(=O)NC(CCC(=O)O)C(=O)NC(CC(N)=O)C(=O)O. The van der Waals surface area contributed by atoms with Crippen LogP contribution in [0.5, 0.6) is 0 Å². The molecule has 0 aromatic carbocycles. The van der Waals surface area contributed by atoms with Crippen LogP contribution in [0.25, 0.3) is 0 Å². The highest BCUT2D eigenvalue weighted by Gasteiger charge is 2.32. The van der Waals surface area contributed by atoms with Crippen molar-refractivity contribution in [3.63, 3.8) is 0 Å². The largest absolute Gasteiger partial charge is 0.481 e. The summed E-state index contributed by atoms with van der Waals surface area (Å²) in [7, 11) is 0. The quantitative estimate of drug-likeness (QED) is 0.127. The standard InChI is InChI=1S/C18H31N5O9/c1-7(2)14(23-16(29)13(20)8(3)24)17(30)21-9(4-5-12(26)27)15(28)22-10(18(31)32)6-11(19)25/h7-10,13-14,24H,4-6,20H2,1-3H3,(H2,19,25)(H,21,30)(H,22,28)(H,23,29)(H,26,27)(H,31,32). The molecule has 4 amide bonds. The van der Waals surface area contributed by atoms with Crippen LogP contribution in [0.2, 0.25) is 0 Å². The fraction of sp³-hybridized carbons (Fsp3) is 0.667. The molecule has 10 N–H and O–H groups in total. The number of nitrogens with two attached hydrogens (primary N) is 2. The highest BCUT2D eigenvalue weighted by atomic mass is 16.4. The number of nitrogens with one attached hydrogen (secondary N) is 3. The van der Waals surface area contributed by atoms with Gasteiger partial charge >= 0.3 is 11.9 Å². The summed E-state index contributed by atoms with van der Waals surface area (Å²) >= 11 is 0. The first-order chi connectivity index (χ1) is 14.7. The number of carbonyl (C=O) groups is 6. The van der Waals surface area contributed by atoms with Crippen molar-refractivity contribution in [1.29, 1.82) is 0 Å². The molecule has 0 saturated heterocycles. The molecule has 0 saturated carbocycles. The monoisotopic (exact) mass is 461 g/mol. The number of carboxylic acids is 2. The number of hydrogen-bond acceptors (Lipinski definition) is 8. The molecule has 0 bridgehead atoms. The van der Waals surface area contributed by atoms with Gasteiger partial charge in [0.05, 0.1) is 12.5 Å². The van der Waals surface area contributed by atoms with Gasteiger partial charge < -0.3 is 42.7 Å². The lowest BCUT2D eigenvalue weighted by Gasteiger charge is -2.27. The maximum absolute atomic E-state index is 12.7. The Morgan fingerprint density at radius 1 is 0.844 bits per heavy atom. The molecule has 14 heteroatoms. The summed E-state index contributed by atoms with van der Waals surface area (Å²) in [5, 5.41) is 34.1. The number of carbonyl (C=O) groups excluding carboxylic acids is 4. The minimum Gasteiger partial charge on any atom is -0.481 e. The third-order valence-electron chi connectivity index (χ3n) is 4.37. The molecule has 0 radical (unpaired) electrons. The van der Waals surface area contributed by atoms with E-state index in [2.05, 4.69) is 10.6 Å². The molecule has 0 aromatic heterocycles. The van der Waals surface area contributed by atoms with E-state index in [1.807, 2.05) is 5.32 Å². The molecule has 0 aliphatic heterocycles. The zero-order valence-electron chi connectivity index (χ0n) is 18.0. The van der Waals surface area contributed by atoms with E-state index in [4.69, 9.17) is 21.7 Å². The number of rotatable bonds is 14.